The van der Waals surface area contributed by atoms with E-state index >= 15 is 0 Å². The zero-order valence-corrected chi connectivity index (χ0v) is 11.6. The Labute approximate surface area is 118 Å². The highest BCUT2D eigenvalue weighted by molar-refractivity contribution is 6.51. The molecular weight excluding hydrogens is 248 g/mol. The molecule has 0 aromatic heterocycles. The number of hydrogen-bond acceptors (Lipinski definition) is 3. The SMILES string of the molecule is CC(C)=N/N=C(\C(=O)c1ccccc1)c1ccccc1. The first-order valence-electron chi connectivity index (χ1n) is 6.42. The zero-order valence-electron chi connectivity index (χ0n) is 11.6. The van der Waals surface area contributed by atoms with E-state index < -0.39 is 0 Å². The lowest BCUT2D eigenvalue weighted by molar-refractivity contribution is 0.106. The van der Waals surface area contributed by atoms with Gasteiger partial charge in [-0.15, -0.1) is 5.10 Å². The summed E-state index contributed by atoms with van der Waals surface area (Å²) in [7, 11) is 0. The molecule has 0 aliphatic carbocycles. The summed E-state index contributed by atoms with van der Waals surface area (Å²) in [4.78, 5) is 12.6. The molecule has 0 saturated carbocycles. The van der Waals surface area contributed by atoms with Crippen molar-refractivity contribution in [2.24, 2.45) is 10.2 Å². The van der Waals surface area contributed by atoms with Crippen LogP contribution in [0.5, 0.6) is 0 Å². The van der Waals surface area contributed by atoms with Gasteiger partial charge in [0.2, 0.25) is 5.78 Å². The molecule has 0 spiro atoms. The number of benzene rings is 2. The largest absolute Gasteiger partial charge is 0.287 e. The Kier molecular flexibility index (Phi) is 4.56. The summed E-state index contributed by atoms with van der Waals surface area (Å²) >= 11 is 0. The Morgan fingerprint density at radius 3 is 1.75 bits per heavy atom. The van der Waals surface area contributed by atoms with Crippen LogP contribution in [0.2, 0.25) is 0 Å². The standard InChI is InChI=1S/C17H16N2O/c1-13(2)18-19-16(14-9-5-3-6-10-14)17(20)15-11-7-4-8-12-15/h3-12H,1-2H3/b19-16-. The third-order valence-corrected chi connectivity index (χ3v) is 2.65. The van der Waals surface area contributed by atoms with Gasteiger partial charge in [-0.25, -0.2) is 0 Å². The van der Waals surface area contributed by atoms with Crippen molar-refractivity contribution in [3.8, 4) is 0 Å². The van der Waals surface area contributed by atoms with Crippen LogP contribution in [-0.2, 0) is 0 Å². The van der Waals surface area contributed by atoms with Gasteiger partial charge in [-0.05, 0) is 13.8 Å². The van der Waals surface area contributed by atoms with Crippen molar-refractivity contribution in [3.63, 3.8) is 0 Å². The number of nitrogens with zero attached hydrogens (tertiary/aromatic N) is 2. The molecule has 0 amide bonds. The van der Waals surface area contributed by atoms with E-state index in [0.29, 0.717) is 11.3 Å². The van der Waals surface area contributed by atoms with Crippen molar-refractivity contribution >= 4 is 17.2 Å². The molecule has 0 aliphatic rings. The van der Waals surface area contributed by atoms with Crippen LogP contribution < -0.4 is 0 Å². The second-order valence-corrected chi connectivity index (χ2v) is 4.56. The number of rotatable bonds is 4. The van der Waals surface area contributed by atoms with E-state index in [2.05, 4.69) is 10.2 Å². The highest BCUT2D eigenvalue weighted by Gasteiger charge is 2.15. The zero-order chi connectivity index (χ0) is 14.4. The molecule has 20 heavy (non-hydrogen) atoms. The molecule has 0 radical (unpaired) electrons. The summed E-state index contributed by atoms with van der Waals surface area (Å²) in [5, 5.41) is 8.16. The van der Waals surface area contributed by atoms with Gasteiger partial charge in [0.1, 0.15) is 5.71 Å². The summed E-state index contributed by atoms with van der Waals surface area (Å²) in [5.74, 6) is -0.123. The van der Waals surface area contributed by atoms with Crippen LogP contribution in [0.4, 0.5) is 0 Å². The second kappa shape index (κ2) is 6.57. The van der Waals surface area contributed by atoms with Crippen LogP contribution in [-0.4, -0.2) is 17.2 Å². The lowest BCUT2D eigenvalue weighted by Crippen LogP contribution is -2.15. The molecule has 2 rings (SSSR count). The lowest BCUT2D eigenvalue weighted by Gasteiger charge is -2.04. The van der Waals surface area contributed by atoms with Crippen LogP contribution in [0.3, 0.4) is 0 Å². The third-order valence-electron chi connectivity index (χ3n) is 2.65. The van der Waals surface area contributed by atoms with Gasteiger partial charge >= 0.3 is 0 Å². The van der Waals surface area contributed by atoms with Gasteiger partial charge in [-0.1, -0.05) is 60.7 Å². The van der Waals surface area contributed by atoms with Gasteiger partial charge in [0.25, 0.3) is 0 Å². The molecule has 100 valence electrons. The Morgan fingerprint density at radius 2 is 1.25 bits per heavy atom. The Hall–Kier alpha value is -2.55. The van der Waals surface area contributed by atoms with Crippen LogP contribution in [0.25, 0.3) is 0 Å². The predicted octanol–water partition coefficient (Wildman–Crippen LogP) is 3.75. The molecule has 0 bridgehead atoms. The first-order valence-corrected chi connectivity index (χ1v) is 6.42. The van der Waals surface area contributed by atoms with E-state index in [9.17, 15) is 4.79 Å². The normalized spacial score (nSPS) is 11.0. The Bertz CT molecular complexity index is 639. The van der Waals surface area contributed by atoms with Gasteiger partial charge in [0, 0.05) is 16.8 Å². The predicted molar refractivity (Wildman–Crippen MR) is 82.5 cm³/mol. The van der Waals surface area contributed by atoms with Crippen LogP contribution in [0, 0.1) is 0 Å². The molecule has 2 aromatic rings. The smallest absolute Gasteiger partial charge is 0.213 e. The Balaban J connectivity index is 2.46. The Morgan fingerprint density at radius 1 is 0.750 bits per heavy atom. The molecule has 3 heteroatoms. The minimum absolute atomic E-state index is 0.123. The number of carbonyl (C=O) groups is 1. The topological polar surface area (TPSA) is 41.8 Å². The second-order valence-electron chi connectivity index (χ2n) is 4.56. The molecule has 0 aliphatic heterocycles. The molecule has 0 saturated heterocycles. The van der Waals surface area contributed by atoms with Crippen LogP contribution >= 0.6 is 0 Å². The fourth-order valence-electron chi connectivity index (χ4n) is 1.71. The fourth-order valence-corrected chi connectivity index (χ4v) is 1.71. The first-order chi connectivity index (χ1) is 9.68. The van der Waals surface area contributed by atoms with Gasteiger partial charge in [0.15, 0.2) is 0 Å². The average Bonchev–Trinajstić information content (AvgIpc) is 2.49. The van der Waals surface area contributed by atoms with E-state index in [0.717, 1.165) is 11.3 Å². The number of ketones is 1. The van der Waals surface area contributed by atoms with Gasteiger partial charge in [0.05, 0.1) is 0 Å². The highest BCUT2D eigenvalue weighted by Crippen LogP contribution is 2.09. The summed E-state index contributed by atoms with van der Waals surface area (Å²) < 4.78 is 0. The highest BCUT2D eigenvalue weighted by atomic mass is 16.1. The number of Topliss-reactive ketones (excluding diaryl/α,β-unsaturated/α-hetero) is 1. The van der Waals surface area contributed by atoms with Crippen molar-refractivity contribution in [2.75, 3.05) is 0 Å². The van der Waals surface area contributed by atoms with E-state index in [1.165, 1.54) is 0 Å². The van der Waals surface area contributed by atoms with Crippen molar-refractivity contribution < 1.29 is 4.79 Å². The first kappa shape index (κ1) is 13.9. The van der Waals surface area contributed by atoms with E-state index in [1.54, 1.807) is 12.1 Å². The van der Waals surface area contributed by atoms with Crippen molar-refractivity contribution in [2.45, 2.75) is 13.8 Å². The average molecular weight is 264 g/mol. The molecular formula is C17H16N2O. The molecule has 0 unspecified atom stereocenters. The van der Waals surface area contributed by atoms with Crippen LogP contribution in [0.15, 0.2) is 70.9 Å². The van der Waals surface area contributed by atoms with E-state index in [4.69, 9.17) is 0 Å². The van der Waals surface area contributed by atoms with Gasteiger partial charge in [-0.3, -0.25) is 4.79 Å². The monoisotopic (exact) mass is 264 g/mol. The quantitative estimate of drug-likeness (QED) is 0.471. The number of carbonyl (C=O) groups excluding carboxylic acids is 1. The van der Waals surface area contributed by atoms with Crippen LogP contribution in [0.1, 0.15) is 29.8 Å². The van der Waals surface area contributed by atoms with Gasteiger partial charge in [-0.2, -0.15) is 5.10 Å². The minimum atomic E-state index is -0.123. The maximum absolute atomic E-state index is 12.6. The molecule has 3 nitrogen and oxygen atoms in total. The molecule has 0 fully saturated rings. The number of hydrogen-bond donors (Lipinski definition) is 0. The van der Waals surface area contributed by atoms with Crippen molar-refractivity contribution in [1.29, 1.82) is 0 Å². The van der Waals surface area contributed by atoms with E-state index in [1.807, 2.05) is 62.4 Å². The molecule has 0 heterocycles. The summed E-state index contributed by atoms with van der Waals surface area (Å²) in [5.41, 5.74) is 2.54. The maximum atomic E-state index is 12.6. The summed E-state index contributed by atoms with van der Waals surface area (Å²) in [6.45, 7) is 3.69. The molecule has 0 N–H and O–H groups in total. The van der Waals surface area contributed by atoms with E-state index in [-0.39, 0.29) is 5.78 Å². The van der Waals surface area contributed by atoms with Crippen molar-refractivity contribution in [1.82, 2.24) is 0 Å². The minimum Gasteiger partial charge on any atom is -0.287 e. The fraction of sp³-hybridized carbons (Fsp3) is 0.118. The van der Waals surface area contributed by atoms with Crippen molar-refractivity contribution in [3.05, 3.63) is 71.8 Å². The maximum Gasteiger partial charge on any atom is 0.213 e. The molecule has 2 aromatic carbocycles. The summed E-state index contributed by atoms with van der Waals surface area (Å²) in [6.07, 6.45) is 0. The summed E-state index contributed by atoms with van der Waals surface area (Å²) in [6, 6.07) is 18.5. The van der Waals surface area contributed by atoms with Gasteiger partial charge < -0.3 is 0 Å². The molecule has 0 atom stereocenters. The lowest BCUT2D eigenvalue weighted by atomic mass is 10.0. The third kappa shape index (κ3) is 3.48.